The van der Waals surface area contributed by atoms with Crippen molar-refractivity contribution in [3.8, 4) is 0 Å². The number of amides is 2. The van der Waals surface area contributed by atoms with Gasteiger partial charge in [-0.2, -0.15) is 0 Å². The van der Waals surface area contributed by atoms with Crippen molar-refractivity contribution in [1.82, 2.24) is 14.8 Å². The number of nitrogens with zero attached hydrogens (tertiary/aromatic N) is 3. The van der Waals surface area contributed by atoms with Crippen LogP contribution in [0.1, 0.15) is 22.5 Å². The number of nitrogens with one attached hydrogen (secondary N) is 2. The van der Waals surface area contributed by atoms with Gasteiger partial charge in [-0.1, -0.05) is 53.2 Å². The van der Waals surface area contributed by atoms with Crippen LogP contribution in [-0.2, 0) is 23.1 Å². The van der Waals surface area contributed by atoms with Gasteiger partial charge in [-0.15, -0.1) is 10.2 Å². The van der Waals surface area contributed by atoms with Crippen molar-refractivity contribution >= 4 is 46.6 Å². The largest absolute Gasteiger partial charge is 0.325 e. The first-order valence-electron chi connectivity index (χ1n) is 9.67. The summed E-state index contributed by atoms with van der Waals surface area (Å²) in [5, 5.41) is 15.0. The lowest BCUT2D eigenvalue weighted by atomic mass is 10.1. The number of aromatic nitrogens is 3. The summed E-state index contributed by atoms with van der Waals surface area (Å²) in [4.78, 5) is 24.8. The summed E-state index contributed by atoms with van der Waals surface area (Å²) in [6, 6.07) is 11.1. The van der Waals surface area contributed by atoms with E-state index in [4.69, 9.17) is 11.6 Å². The number of anilines is 2. The average Bonchev–Trinajstić information content (AvgIpc) is 3.04. The summed E-state index contributed by atoms with van der Waals surface area (Å²) in [5.41, 5.74) is 4.60. The molecule has 0 radical (unpaired) electrons. The van der Waals surface area contributed by atoms with Gasteiger partial charge in [0.1, 0.15) is 5.82 Å². The summed E-state index contributed by atoms with van der Waals surface area (Å²) >= 11 is 7.34. The molecule has 31 heavy (non-hydrogen) atoms. The highest BCUT2D eigenvalue weighted by atomic mass is 35.5. The van der Waals surface area contributed by atoms with Gasteiger partial charge in [0, 0.05) is 12.7 Å². The second-order valence-corrected chi connectivity index (χ2v) is 8.62. The molecule has 162 valence electrons. The third-order valence-electron chi connectivity index (χ3n) is 4.67. The first-order valence-corrected chi connectivity index (χ1v) is 11.0. The van der Waals surface area contributed by atoms with E-state index in [1.807, 2.05) is 32.9 Å². The molecule has 0 unspecified atom stereocenters. The lowest BCUT2D eigenvalue weighted by Crippen LogP contribution is -2.18. The molecule has 0 bridgehead atoms. The normalized spacial score (nSPS) is 10.7. The summed E-state index contributed by atoms with van der Waals surface area (Å²) in [6.07, 6.45) is 0.0449. The molecule has 0 aliphatic carbocycles. The molecule has 1 heterocycles. The molecule has 0 aliphatic heterocycles. The number of aryl methyl sites for hydroxylation is 3. The van der Waals surface area contributed by atoms with Crippen LogP contribution in [0.4, 0.5) is 11.4 Å². The summed E-state index contributed by atoms with van der Waals surface area (Å²) in [5.74, 6) is 0.312. The molecule has 3 rings (SSSR count). The fourth-order valence-electron chi connectivity index (χ4n) is 3.21. The quantitative estimate of drug-likeness (QED) is 0.516. The van der Waals surface area contributed by atoms with Crippen molar-refractivity contribution in [2.24, 2.45) is 7.05 Å². The molecule has 2 amide bonds. The Labute approximate surface area is 190 Å². The highest BCUT2D eigenvalue weighted by molar-refractivity contribution is 7.99. The maximum absolute atomic E-state index is 12.4. The van der Waals surface area contributed by atoms with Crippen LogP contribution < -0.4 is 10.6 Å². The Morgan fingerprint density at radius 3 is 2.39 bits per heavy atom. The minimum atomic E-state index is -0.247. The molecule has 2 N–H and O–H groups in total. The fourth-order valence-corrected chi connectivity index (χ4v) is 4.12. The maximum Gasteiger partial charge on any atom is 0.234 e. The molecule has 1 aromatic heterocycles. The van der Waals surface area contributed by atoms with Crippen LogP contribution >= 0.6 is 23.4 Å². The minimum absolute atomic E-state index is 0.0449. The van der Waals surface area contributed by atoms with E-state index in [1.165, 1.54) is 11.8 Å². The smallest absolute Gasteiger partial charge is 0.234 e. The number of thioether (sulfide) groups is 1. The Morgan fingerprint density at radius 1 is 1.03 bits per heavy atom. The third kappa shape index (κ3) is 5.86. The van der Waals surface area contributed by atoms with Gasteiger partial charge in [-0.25, -0.2) is 0 Å². The Balaban J connectivity index is 1.57. The minimum Gasteiger partial charge on any atom is -0.325 e. The van der Waals surface area contributed by atoms with Crippen molar-refractivity contribution in [2.75, 3.05) is 16.4 Å². The standard InChI is InChI=1S/C22H24ClN5O2S/c1-13-9-14(2)21(15(3)10-13)25-20(30)12-31-22-27-26-18(28(22)4)11-19(29)24-17-8-6-5-7-16(17)23/h5-10H,11-12H2,1-4H3,(H,24,29)(H,25,30). The molecule has 2 aromatic carbocycles. The van der Waals surface area contributed by atoms with Crippen LogP contribution in [0.25, 0.3) is 0 Å². The number of para-hydroxylation sites is 1. The van der Waals surface area contributed by atoms with Gasteiger partial charge in [-0.3, -0.25) is 9.59 Å². The molecular weight excluding hydrogens is 434 g/mol. The number of halogens is 1. The summed E-state index contributed by atoms with van der Waals surface area (Å²) < 4.78 is 1.71. The monoisotopic (exact) mass is 457 g/mol. The van der Waals surface area contributed by atoms with Crippen molar-refractivity contribution in [2.45, 2.75) is 32.3 Å². The van der Waals surface area contributed by atoms with Crippen molar-refractivity contribution in [3.05, 3.63) is 63.9 Å². The zero-order valence-corrected chi connectivity index (χ0v) is 19.4. The molecule has 0 atom stereocenters. The predicted octanol–water partition coefficient (Wildman–Crippen LogP) is 4.31. The molecular formula is C22H24ClN5O2S. The lowest BCUT2D eigenvalue weighted by Gasteiger charge is -2.12. The van der Waals surface area contributed by atoms with Crippen LogP contribution in [0.3, 0.4) is 0 Å². The van der Waals surface area contributed by atoms with E-state index >= 15 is 0 Å². The Morgan fingerprint density at radius 2 is 1.71 bits per heavy atom. The lowest BCUT2D eigenvalue weighted by molar-refractivity contribution is -0.116. The fraction of sp³-hybridized carbons (Fsp3) is 0.273. The van der Waals surface area contributed by atoms with Gasteiger partial charge in [0.2, 0.25) is 11.8 Å². The van der Waals surface area contributed by atoms with E-state index in [-0.39, 0.29) is 24.0 Å². The van der Waals surface area contributed by atoms with Crippen molar-refractivity contribution < 1.29 is 9.59 Å². The third-order valence-corrected chi connectivity index (χ3v) is 6.02. The van der Waals surface area contributed by atoms with E-state index in [0.29, 0.717) is 21.7 Å². The summed E-state index contributed by atoms with van der Waals surface area (Å²) in [6.45, 7) is 5.98. The zero-order valence-electron chi connectivity index (χ0n) is 17.8. The van der Waals surface area contributed by atoms with E-state index in [0.717, 1.165) is 22.4 Å². The predicted molar refractivity (Wildman–Crippen MR) is 125 cm³/mol. The van der Waals surface area contributed by atoms with Gasteiger partial charge >= 0.3 is 0 Å². The molecule has 0 fully saturated rings. The average molecular weight is 458 g/mol. The molecule has 0 saturated heterocycles. The number of carbonyl (C=O) groups is 2. The van der Waals surface area contributed by atoms with Gasteiger partial charge in [-0.05, 0) is 44.0 Å². The van der Waals surface area contributed by atoms with E-state index in [9.17, 15) is 9.59 Å². The SMILES string of the molecule is Cc1cc(C)c(NC(=O)CSc2nnc(CC(=O)Nc3ccccc3Cl)n2C)c(C)c1. The highest BCUT2D eigenvalue weighted by Crippen LogP contribution is 2.23. The van der Waals surface area contributed by atoms with E-state index in [1.54, 1.807) is 35.9 Å². The molecule has 7 nitrogen and oxygen atoms in total. The Hall–Kier alpha value is -2.84. The van der Waals surface area contributed by atoms with Crippen molar-refractivity contribution in [1.29, 1.82) is 0 Å². The topological polar surface area (TPSA) is 88.9 Å². The van der Waals surface area contributed by atoms with Crippen LogP contribution in [0.2, 0.25) is 5.02 Å². The first-order chi connectivity index (χ1) is 14.7. The number of benzene rings is 2. The highest BCUT2D eigenvalue weighted by Gasteiger charge is 2.16. The summed E-state index contributed by atoms with van der Waals surface area (Å²) in [7, 11) is 1.77. The molecule has 0 saturated carbocycles. The molecule has 0 aliphatic rings. The van der Waals surface area contributed by atoms with Crippen LogP contribution in [0, 0.1) is 20.8 Å². The van der Waals surface area contributed by atoms with Crippen LogP contribution in [-0.4, -0.2) is 32.3 Å². The first kappa shape index (κ1) is 22.8. The van der Waals surface area contributed by atoms with Gasteiger partial charge in [0.25, 0.3) is 0 Å². The van der Waals surface area contributed by atoms with Crippen LogP contribution in [0.15, 0.2) is 41.6 Å². The Kier molecular flexibility index (Phi) is 7.35. The number of hydrogen-bond acceptors (Lipinski definition) is 5. The molecule has 9 heteroatoms. The Bertz CT molecular complexity index is 1110. The number of carbonyl (C=O) groups excluding carboxylic acids is 2. The van der Waals surface area contributed by atoms with Gasteiger partial charge in [0.15, 0.2) is 5.16 Å². The van der Waals surface area contributed by atoms with E-state index < -0.39 is 0 Å². The van der Waals surface area contributed by atoms with Gasteiger partial charge < -0.3 is 15.2 Å². The molecule has 3 aromatic rings. The van der Waals surface area contributed by atoms with Gasteiger partial charge in [0.05, 0.1) is 22.9 Å². The second kappa shape index (κ2) is 9.98. The van der Waals surface area contributed by atoms with E-state index in [2.05, 4.69) is 20.8 Å². The maximum atomic E-state index is 12.4. The van der Waals surface area contributed by atoms with Crippen LogP contribution in [0.5, 0.6) is 0 Å². The van der Waals surface area contributed by atoms with Crippen molar-refractivity contribution in [3.63, 3.8) is 0 Å². The molecule has 0 spiro atoms. The number of rotatable bonds is 7. The zero-order chi connectivity index (χ0) is 22.5. The second-order valence-electron chi connectivity index (χ2n) is 7.27. The number of hydrogen-bond donors (Lipinski definition) is 2.